The van der Waals surface area contributed by atoms with Crippen LogP contribution in [0.4, 0.5) is 5.69 Å². The van der Waals surface area contributed by atoms with Crippen molar-refractivity contribution in [3.63, 3.8) is 0 Å². The standard InChI is InChI=1S/C20H30N6O4/c1-2-21-20(22-15-17-3-5-18(6-4-17)26(28)29)25-9-7-23(8-10-25)16-19(27)24-11-13-30-14-12-24/h3-6H,2,7-16H2,1H3,(H,21,22). The zero-order valence-corrected chi connectivity index (χ0v) is 17.5. The Bertz CT molecular complexity index is 740. The van der Waals surface area contributed by atoms with Crippen LogP contribution >= 0.6 is 0 Å². The number of carbonyl (C=O) groups excluding carboxylic acids is 1. The summed E-state index contributed by atoms with van der Waals surface area (Å²) < 4.78 is 5.31. The lowest BCUT2D eigenvalue weighted by atomic mass is 10.2. The van der Waals surface area contributed by atoms with E-state index >= 15 is 0 Å². The van der Waals surface area contributed by atoms with Crippen molar-refractivity contribution in [3.8, 4) is 0 Å². The molecule has 1 aromatic rings. The number of nitrogens with zero attached hydrogens (tertiary/aromatic N) is 5. The monoisotopic (exact) mass is 418 g/mol. The Kier molecular flexibility index (Phi) is 7.97. The highest BCUT2D eigenvalue weighted by atomic mass is 16.6. The van der Waals surface area contributed by atoms with Crippen molar-refractivity contribution < 1.29 is 14.5 Å². The predicted molar refractivity (Wildman–Crippen MR) is 113 cm³/mol. The number of aliphatic imine (C=N–C) groups is 1. The summed E-state index contributed by atoms with van der Waals surface area (Å²) in [6.07, 6.45) is 0. The van der Waals surface area contributed by atoms with E-state index in [0.29, 0.717) is 39.4 Å². The molecule has 0 radical (unpaired) electrons. The second-order valence-corrected chi connectivity index (χ2v) is 7.35. The lowest BCUT2D eigenvalue weighted by Gasteiger charge is -2.37. The SMILES string of the molecule is CCNC(=NCc1ccc([N+](=O)[O-])cc1)N1CCN(CC(=O)N2CCOCC2)CC1. The number of amides is 1. The normalized spacial score (nSPS) is 18.4. The molecule has 1 N–H and O–H groups in total. The Morgan fingerprint density at radius 3 is 2.37 bits per heavy atom. The molecule has 0 atom stereocenters. The molecule has 0 saturated carbocycles. The van der Waals surface area contributed by atoms with Crippen LogP contribution < -0.4 is 5.32 Å². The van der Waals surface area contributed by atoms with Crippen LogP contribution in [-0.4, -0.2) is 97.1 Å². The van der Waals surface area contributed by atoms with Gasteiger partial charge < -0.3 is 19.9 Å². The molecule has 2 aliphatic heterocycles. The van der Waals surface area contributed by atoms with Crippen LogP contribution in [0.2, 0.25) is 0 Å². The van der Waals surface area contributed by atoms with E-state index in [-0.39, 0.29) is 11.6 Å². The molecule has 0 bridgehead atoms. The lowest BCUT2D eigenvalue weighted by molar-refractivity contribution is -0.384. The van der Waals surface area contributed by atoms with E-state index in [4.69, 9.17) is 9.73 Å². The number of rotatable bonds is 6. The minimum Gasteiger partial charge on any atom is -0.378 e. The van der Waals surface area contributed by atoms with Crippen LogP contribution in [0, 0.1) is 10.1 Å². The molecule has 3 rings (SSSR count). The van der Waals surface area contributed by atoms with Gasteiger partial charge in [0.15, 0.2) is 5.96 Å². The quantitative estimate of drug-likeness (QED) is 0.311. The van der Waals surface area contributed by atoms with E-state index < -0.39 is 4.92 Å². The van der Waals surface area contributed by atoms with Gasteiger partial charge in [0.2, 0.25) is 5.91 Å². The number of hydrogen-bond donors (Lipinski definition) is 1. The fourth-order valence-corrected chi connectivity index (χ4v) is 3.54. The van der Waals surface area contributed by atoms with Crippen LogP contribution in [0.25, 0.3) is 0 Å². The van der Waals surface area contributed by atoms with Crippen molar-refractivity contribution in [2.75, 3.05) is 65.6 Å². The first-order chi connectivity index (χ1) is 14.6. The van der Waals surface area contributed by atoms with Gasteiger partial charge >= 0.3 is 0 Å². The third-order valence-electron chi connectivity index (χ3n) is 5.29. The van der Waals surface area contributed by atoms with E-state index in [9.17, 15) is 14.9 Å². The fourth-order valence-electron chi connectivity index (χ4n) is 3.54. The maximum absolute atomic E-state index is 12.4. The zero-order chi connectivity index (χ0) is 21.3. The average molecular weight is 418 g/mol. The van der Waals surface area contributed by atoms with E-state index in [0.717, 1.165) is 44.2 Å². The van der Waals surface area contributed by atoms with Crippen LogP contribution in [-0.2, 0) is 16.1 Å². The summed E-state index contributed by atoms with van der Waals surface area (Å²) >= 11 is 0. The van der Waals surface area contributed by atoms with Gasteiger partial charge in [0.05, 0.1) is 31.2 Å². The molecule has 10 heteroatoms. The number of guanidine groups is 1. The van der Waals surface area contributed by atoms with E-state index in [1.165, 1.54) is 12.1 Å². The Balaban J connectivity index is 1.51. The van der Waals surface area contributed by atoms with Gasteiger partial charge in [0.1, 0.15) is 0 Å². The molecule has 2 fully saturated rings. The van der Waals surface area contributed by atoms with Crippen molar-refractivity contribution >= 4 is 17.6 Å². The highest BCUT2D eigenvalue weighted by Gasteiger charge is 2.24. The molecule has 164 valence electrons. The maximum Gasteiger partial charge on any atom is 0.269 e. The van der Waals surface area contributed by atoms with Gasteiger partial charge in [0.25, 0.3) is 5.69 Å². The van der Waals surface area contributed by atoms with Gasteiger partial charge in [0, 0.05) is 57.9 Å². The minimum absolute atomic E-state index is 0.0809. The molecular formula is C20H30N6O4. The summed E-state index contributed by atoms with van der Waals surface area (Å²) in [5.74, 6) is 1.00. The van der Waals surface area contributed by atoms with Gasteiger partial charge in [-0.3, -0.25) is 19.8 Å². The van der Waals surface area contributed by atoms with Crippen molar-refractivity contribution in [3.05, 3.63) is 39.9 Å². The summed E-state index contributed by atoms with van der Waals surface area (Å²) in [5.41, 5.74) is 1.00. The van der Waals surface area contributed by atoms with Crippen LogP contribution in [0.5, 0.6) is 0 Å². The number of morpholine rings is 1. The number of ether oxygens (including phenoxy) is 1. The topological polar surface area (TPSA) is 104 Å². The summed E-state index contributed by atoms with van der Waals surface area (Å²) in [6, 6.07) is 6.48. The predicted octanol–water partition coefficient (Wildman–Crippen LogP) is 0.537. The molecule has 2 aliphatic rings. The van der Waals surface area contributed by atoms with Crippen molar-refractivity contribution in [1.29, 1.82) is 0 Å². The smallest absolute Gasteiger partial charge is 0.269 e. The summed E-state index contributed by atoms with van der Waals surface area (Å²) in [6.45, 7) is 9.49. The van der Waals surface area contributed by atoms with Gasteiger partial charge in [-0.25, -0.2) is 4.99 Å². The zero-order valence-electron chi connectivity index (χ0n) is 17.5. The Labute approximate surface area is 176 Å². The summed E-state index contributed by atoms with van der Waals surface area (Å²) in [7, 11) is 0. The molecular weight excluding hydrogens is 388 g/mol. The lowest BCUT2D eigenvalue weighted by Crippen LogP contribution is -2.54. The maximum atomic E-state index is 12.4. The van der Waals surface area contributed by atoms with E-state index in [1.54, 1.807) is 12.1 Å². The number of carbonyl (C=O) groups is 1. The van der Waals surface area contributed by atoms with Crippen molar-refractivity contribution in [1.82, 2.24) is 20.0 Å². The number of piperazine rings is 1. The molecule has 30 heavy (non-hydrogen) atoms. The summed E-state index contributed by atoms with van der Waals surface area (Å²) in [4.78, 5) is 33.8. The van der Waals surface area contributed by atoms with Gasteiger partial charge in [-0.1, -0.05) is 12.1 Å². The van der Waals surface area contributed by atoms with Crippen LogP contribution in [0.15, 0.2) is 29.3 Å². The first kappa shape index (κ1) is 22.0. The van der Waals surface area contributed by atoms with Gasteiger partial charge in [-0.15, -0.1) is 0 Å². The van der Waals surface area contributed by atoms with Gasteiger partial charge in [-0.05, 0) is 12.5 Å². The molecule has 0 spiro atoms. The van der Waals surface area contributed by atoms with E-state index in [2.05, 4.69) is 15.1 Å². The highest BCUT2D eigenvalue weighted by Crippen LogP contribution is 2.13. The number of nitro benzene ring substituents is 1. The van der Waals surface area contributed by atoms with Gasteiger partial charge in [-0.2, -0.15) is 0 Å². The van der Waals surface area contributed by atoms with Crippen LogP contribution in [0.1, 0.15) is 12.5 Å². The molecule has 2 saturated heterocycles. The Morgan fingerprint density at radius 1 is 1.10 bits per heavy atom. The number of non-ortho nitro benzene ring substituents is 1. The van der Waals surface area contributed by atoms with Crippen molar-refractivity contribution in [2.45, 2.75) is 13.5 Å². The number of hydrogen-bond acceptors (Lipinski definition) is 6. The molecule has 1 aromatic carbocycles. The molecule has 0 aliphatic carbocycles. The number of nitro groups is 1. The number of benzene rings is 1. The largest absolute Gasteiger partial charge is 0.378 e. The second kappa shape index (κ2) is 10.9. The first-order valence-electron chi connectivity index (χ1n) is 10.4. The third-order valence-corrected chi connectivity index (χ3v) is 5.29. The third kappa shape index (κ3) is 6.14. The minimum atomic E-state index is -0.402. The molecule has 0 unspecified atom stereocenters. The first-order valence-corrected chi connectivity index (χ1v) is 10.4. The molecule has 1 amide bonds. The number of nitrogens with one attached hydrogen (secondary N) is 1. The molecule has 2 heterocycles. The summed E-state index contributed by atoms with van der Waals surface area (Å²) in [5, 5.41) is 14.1. The second-order valence-electron chi connectivity index (χ2n) is 7.35. The van der Waals surface area contributed by atoms with Crippen LogP contribution in [0.3, 0.4) is 0 Å². The van der Waals surface area contributed by atoms with Crippen molar-refractivity contribution in [2.24, 2.45) is 4.99 Å². The average Bonchev–Trinajstić information content (AvgIpc) is 2.78. The highest BCUT2D eigenvalue weighted by molar-refractivity contribution is 5.80. The Morgan fingerprint density at radius 2 is 1.77 bits per heavy atom. The van der Waals surface area contributed by atoms with E-state index in [1.807, 2.05) is 11.8 Å². The Hall–Kier alpha value is -2.72. The fraction of sp³-hybridized carbons (Fsp3) is 0.600. The molecule has 0 aromatic heterocycles. The molecule has 10 nitrogen and oxygen atoms in total.